The summed E-state index contributed by atoms with van der Waals surface area (Å²) < 4.78 is 13.0. The number of nitrogens with one attached hydrogen (secondary N) is 2. The fourth-order valence-electron chi connectivity index (χ4n) is 1.48. The molecule has 2 atom stereocenters. The summed E-state index contributed by atoms with van der Waals surface area (Å²) in [5, 5.41) is 6.07. The molecule has 0 spiro atoms. The van der Waals surface area contributed by atoms with Crippen molar-refractivity contribution in [2.75, 3.05) is 0 Å². The first kappa shape index (κ1) is 15.9. The van der Waals surface area contributed by atoms with Gasteiger partial charge in [-0.05, 0) is 38.0 Å². The highest BCUT2D eigenvalue weighted by molar-refractivity contribution is 6.30. The summed E-state index contributed by atoms with van der Waals surface area (Å²) in [7, 11) is 0. The molecule has 0 aliphatic rings. The van der Waals surface area contributed by atoms with E-state index in [2.05, 4.69) is 10.6 Å². The second-order valence-corrected chi connectivity index (χ2v) is 5.08. The van der Waals surface area contributed by atoms with Crippen LogP contribution >= 0.6 is 11.6 Å². The van der Waals surface area contributed by atoms with Crippen LogP contribution in [0.5, 0.6) is 0 Å². The van der Waals surface area contributed by atoms with E-state index < -0.39 is 5.82 Å². The second-order valence-electron chi connectivity index (χ2n) is 4.67. The summed E-state index contributed by atoms with van der Waals surface area (Å²) in [6.45, 7) is 6.24. The van der Waals surface area contributed by atoms with Crippen LogP contribution in [0.1, 0.15) is 32.8 Å². The smallest absolute Gasteiger partial charge is 0.237 e. The van der Waals surface area contributed by atoms with Crippen LogP contribution in [0.4, 0.5) is 4.39 Å². The Kier molecular flexibility index (Phi) is 6.25. The minimum atomic E-state index is -0.437. The monoisotopic (exact) mass is 286 g/mol. The van der Waals surface area contributed by atoms with Gasteiger partial charge < -0.3 is 10.6 Å². The normalized spacial score (nSPS) is 13.9. The topological polar surface area (TPSA) is 41.1 Å². The zero-order valence-corrected chi connectivity index (χ0v) is 12.2. The predicted molar refractivity (Wildman–Crippen MR) is 75.6 cm³/mol. The van der Waals surface area contributed by atoms with Gasteiger partial charge in [0.25, 0.3) is 0 Å². The summed E-state index contributed by atoms with van der Waals surface area (Å²) >= 11 is 5.70. The second kappa shape index (κ2) is 7.46. The summed E-state index contributed by atoms with van der Waals surface area (Å²) in [4.78, 5) is 11.8. The zero-order valence-electron chi connectivity index (χ0n) is 11.5. The first-order valence-corrected chi connectivity index (χ1v) is 6.79. The number of hydrogen-bond acceptors (Lipinski definition) is 2. The summed E-state index contributed by atoms with van der Waals surface area (Å²) in [6, 6.07) is 4.38. The maximum atomic E-state index is 13.0. The first-order valence-electron chi connectivity index (χ1n) is 6.41. The van der Waals surface area contributed by atoms with Gasteiger partial charge in [-0.25, -0.2) is 4.39 Å². The van der Waals surface area contributed by atoms with E-state index in [-0.39, 0.29) is 23.0 Å². The van der Waals surface area contributed by atoms with Gasteiger partial charge in [-0.1, -0.05) is 24.6 Å². The standard InChI is InChI=1S/C14H20ClFN2O/c1-4-9(2)18-14(19)10(3)17-8-11-5-6-13(16)12(15)7-11/h5-7,9-10,17H,4,8H2,1-3H3,(H,18,19). The van der Waals surface area contributed by atoms with Crippen LogP contribution in [-0.4, -0.2) is 18.0 Å². The molecule has 0 heterocycles. The molecule has 19 heavy (non-hydrogen) atoms. The Balaban J connectivity index is 2.47. The molecule has 0 aromatic heterocycles. The van der Waals surface area contributed by atoms with Gasteiger partial charge in [0.2, 0.25) is 5.91 Å². The van der Waals surface area contributed by atoms with E-state index >= 15 is 0 Å². The lowest BCUT2D eigenvalue weighted by atomic mass is 10.2. The minimum Gasteiger partial charge on any atom is -0.352 e. The summed E-state index contributed by atoms with van der Waals surface area (Å²) in [5.41, 5.74) is 0.842. The number of rotatable bonds is 6. The van der Waals surface area contributed by atoms with Crippen molar-refractivity contribution in [1.82, 2.24) is 10.6 Å². The fraction of sp³-hybridized carbons (Fsp3) is 0.500. The molecule has 0 aliphatic heterocycles. The highest BCUT2D eigenvalue weighted by Crippen LogP contribution is 2.15. The van der Waals surface area contributed by atoms with Crippen LogP contribution in [0.15, 0.2) is 18.2 Å². The Morgan fingerprint density at radius 3 is 2.68 bits per heavy atom. The van der Waals surface area contributed by atoms with Gasteiger partial charge in [0.05, 0.1) is 11.1 Å². The van der Waals surface area contributed by atoms with E-state index in [0.29, 0.717) is 6.54 Å². The lowest BCUT2D eigenvalue weighted by molar-refractivity contribution is -0.123. The average Bonchev–Trinajstić information content (AvgIpc) is 2.39. The van der Waals surface area contributed by atoms with E-state index in [0.717, 1.165) is 12.0 Å². The molecular formula is C14H20ClFN2O. The molecule has 2 N–H and O–H groups in total. The van der Waals surface area contributed by atoms with Crippen molar-refractivity contribution in [1.29, 1.82) is 0 Å². The molecule has 1 rings (SSSR count). The molecule has 1 amide bonds. The molecule has 1 aromatic rings. The van der Waals surface area contributed by atoms with Crippen molar-refractivity contribution >= 4 is 17.5 Å². The maximum Gasteiger partial charge on any atom is 0.237 e. The molecule has 2 unspecified atom stereocenters. The van der Waals surface area contributed by atoms with Gasteiger partial charge in [-0.15, -0.1) is 0 Å². The van der Waals surface area contributed by atoms with Gasteiger partial charge in [-0.2, -0.15) is 0 Å². The number of hydrogen-bond donors (Lipinski definition) is 2. The van der Waals surface area contributed by atoms with Crippen LogP contribution in [0.3, 0.4) is 0 Å². The van der Waals surface area contributed by atoms with Gasteiger partial charge >= 0.3 is 0 Å². The van der Waals surface area contributed by atoms with Gasteiger partial charge in [-0.3, -0.25) is 4.79 Å². The molecule has 3 nitrogen and oxygen atoms in total. The maximum absolute atomic E-state index is 13.0. The Bertz CT molecular complexity index is 439. The number of carbonyl (C=O) groups excluding carboxylic acids is 1. The largest absolute Gasteiger partial charge is 0.352 e. The zero-order chi connectivity index (χ0) is 14.4. The molecule has 0 aliphatic carbocycles. The van der Waals surface area contributed by atoms with Gasteiger partial charge in [0.1, 0.15) is 5.82 Å². The molecule has 1 aromatic carbocycles. The SMILES string of the molecule is CCC(C)NC(=O)C(C)NCc1ccc(F)c(Cl)c1. The lowest BCUT2D eigenvalue weighted by Gasteiger charge is -2.17. The van der Waals surface area contributed by atoms with Crippen molar-refractivity contribution in [3.8, 4) is 0 Å². The van der Waals surface area contributed by atoms with Crippen molar-refractivity contribution in [3.63, 3.8) is 0 Å². The average molecular weight is 287 g/mol. The predicted octanol–water partition coefficient (Wildman–Crippen LogP) is 2.87. The van der Waals surface area contributed by atoms with Crippen LogP contribution in [0, 0.1) is 5.82 Å². The third-order valence-electron chi connectivity index (χ3n) is 2.99. The molecular weight excluding hydrogens is 267 g/mol. The van der Waals surface area contributed by atoms with Gasteiger partial charge in [0.15, 0.2) is 0 Å². The molecule has 0 fully saturated rings. The molecule has 0 bridgehead atoms. The van der Waals surface area contributed by atoms with Crippen molar-refractivity contribution in [2.45, 2.75) is 45.8 Å². The highest BCUT2D eigenvalue weighted by atomic mass is 35.5. The number of carbonyl (C=O) groups is 1. The third kappa shape index (κ3) is 5.17. The number of halogens is 2. The Morgan fingerprint density at radius 2 is 2.11 bits per heavy atom. The summed E-state index contributed by atoms with van der Waals surface area (Å²) in [6.07, 6.45) is 0.895. The van der Waals surface area contributed by atoms with E-state index in [1.165, 1.54) is 6.07 Å². The van der Waals surface area contributed by atoms with Gasteiger partial charge in [0, 0.05) is 12.6 Å². The summed E-state index contributed by atoms with van der Waals surface area (Å²) in [5.74, 6) is -0.476. The van der Waals surface area contributed by atoms with Crippen molar-refractivity contribution in [3.05, 3.63) is 34.6 Å². The van der Waals surface area contributed by atoms with Crippen molar-refractivity contribution < 1.29 is 9.18 Å². The van der Waals surface area contributed by atoms with Crippen LogP contribution in [0.25, 0.3) is 0 Å². The quantitative estimate of drug-likeness (QED) is 0.844. The molecule has 106 valence electrons. The molecule has 0 saturated carbocycles. The molecule has 0 saturated heterocycles. The minimum absolute atomic E-state index is 0.0393. The first-order chi connectivity index (χ1) is 8.93. The lowest BCUT2D eigenvalue weighted by Crippen LogP contribution is -2.45. The van der Waals surface area contributed by atoms with Crippen molar-refractivity contribution in [2.24, 2.45) is 0 Å². The molecule has 5 heteroatoms. The third-order valence-corrected chi connectivity index (χ3v) is 3.28. The van der Waals surface area contributed by atoms with E-state index in [1.54, 1.807) is 19.1 Å². The molecule has 0 radical (unpaired) electrons. The Morgan fingerprint density at radius 1 is 1.42 bits per heavy atom. The van der Waals surface area contributed by atoms with E-state index in [4.69, 9.17) is 11.6 Å². The number of benzene rings is 1. The van der Waals surface area contributed by atoms with Crippen LogP contribution in [-0.2, 0) is 11.3 Å². The Labute approximate surface area is 118 Å². The Hall–Kier alpha value is -1.13. The fourth-order valence-corrected chi connectivity index (χ4v) is 1.69. The van der Waals surface area contributed by atoms with Crippen LogP contribution < -0.4 is 10.6 Å². The van der Waals surface area contributed by atoms with E-state index in [1.807, 2.05) is 13.8 Å². The highest BCUT2D eigenvalue weighted by Gasteiger charge is 2.13. The van der Waals surface area contributed by atoms with Crippen LogP contribution in [0.2, 0.25) is 5.02 Å². The number of amides is 1. The van der Waals surface area contributed by atoms with E-state index in [9.17, 15) is 9.18 Å².